The van der Waals surface area contributed by atoms with Gasteiger partial charge in [-0.1, -0.05) is 315 Å². The molecule has 0 rings (SSSR count). The van der Waals surface area contributed by atoms with E-state index in [0.717, 1.165) is 57.8 Å². The van der Waals surface area contributed by atoms with Gasteiger partial charge in [-0.05, 0) is 44.9 Å². The van der Waals surface area contributed by atoms with Crippen molar-refractivity contribution in [2.45, 2.75) is 374 Å². The van der Waals surface area contributed by atoms with Gasteiger partial charge in [0, 0.05) is 19.3 Å². The Morgan fingerprint density at radius 1 is 0.268 bits per heavy atom. The third-order valence-corrected chi connectivity index (χ3v) is 14.8. The van der Waals surface area contributed by atoms with E-state index in [0.29, 0.717) is 19.3 Å². The van der Waals surface area contributed by atoms with Gasteiger partial charge in [0.1, 0.15) is 13.2 Å². The van der Waals surface area contributed by atoms with Crippen LogP contribution in [0.3, 0.4) is 0 Å². The van der Waals surface area contributed by atoms with Crippen LogP contribution in [0.15, 0.2) is 12.2 Å². The highest BCUT2D eigenvalue weighted by molar-refractivity contribution is 5.71. The van der Waals surface area contributed by atoms with E-state index in [-0.39, 0.29) is 31.1 Å². The van der Waals surface area contributed by atoms with Gasteiger partial charge in [-0.3, -0.25) is 14.4 Å². The van der Waals surface area contributed by atoms with Gasteiger partial charge in [-0.15, -0.1) is 0 Å². The molecule has 0 N–H and O–H groups in total. The molecular weight excluding hydrogens is 877 g/mol. The lowest BCUT2D eigenvalue weighted by atomic mass is 10.0. The molecule has 0 amide bonds. The van der Waals surface area contributed by atoms with Crippen LogP contribution in [0.25, 0.3) is 0 Å². The van der Waals surface area contributed by atoms with E-state index in [9.17, 15) is 14.4 Å². The fourth-order valence-corrected chi connectivity index (χ4v) is 9.91. The first-order chi connectivity index (χ1) is 35.0. The van der Waals surface area contributed by atoms with Gasteiger partial charge >= 0.3 is 17.9 Å². The lowest BCUT2D eigenvalue weighted by Gasteiger charge is -2.18. The predicted octanol–water partition coefficient (Wildman–Crippen LogP) is 21.7. The molecule has 420 valence electrons. The van der Waals surface area contributed by atoms with Crippen LogP contribution in [0.2, 0.25) is 0 Å². The Labute approximate surface area is 443 Å². The summed E-state index contributed by atoms with van der Waals surface area (Å²) in [6, 6.07) is 0. The largest absolute Gasteiger partial charge is 0.462 e. The van der Waals surface area contributed by atoms with Crippen molar-refractivity contribution in [3.05, 3.63) is 12.2 Å². The Morgan fingerprint density at radius 3 is 0.704 bits per heavy atom. The lowest BCUT2D eigenvalue weighted by molar-refractivity contribution is -0.167. The zero-order valence-corrected chi connectivity index (χ0v) is 48.3. The number of carbonyl (C=O) groups excluding carboxylic acids is 3. The summed E-state index contributed by atoms with van der Waals surface area (Å²) in [5, 5.41) is 0. The summed E-state index contributed by atoms with van der Waals surface area (Å²) in [4.78, 5) is 38.1. The summed E-state index contributed by atoms with van der Waals surface area (Å²) in [6.45, 7) is 6.69. The SMILES string of the molecule is CCCCCCCCCC/C=C\CCCCCCCCCCCCCCCCCCCC(=O)OCC(COC(=O)CCCCCCCCCCCC)OC(=O)CCCCCCCCCCCCCCCC. The number of esters is 3. The van der Waals surface area contributed by atoms with Gasteiger partial charge in [0.25, 0.3) is 0 Å². The average Bonchev–Trinajstić information content (AvgIpc) is 3.37. The Balaban J connectivity index is 4.06. The van der Waals surface area contributed by atoms with E-state index in [1.807, 2.05) is 0 Å². The van der Waals surface area contributed by atoms with Crippen molar-refractivity contribution in [2.24, 2.45) is 0 Å². The molecule has 6 heteroatoms. The van der Waals surface area contributed by atoms with Crippen LogP contribution in [-0.2, 0) is 28.6 Å². The standard InChI is InChI=1S/C65H124O6/c1-4-7-10-13-16-19-22-24-26-27-28-29-30-31-32-33-34-35-36-37-38-39-40-42-43-46-49-52-55-58-64(67)70-61-62(60-69-63(66)57-54-51-48-45-21-18-15-12-9-6-3)71-65(68)59-56-53-50-47-44-41-25-23-20-17-14-11-8-5-2/h27-28,62H,4-26,29-61H2,1-3H3/b28-27-. The topological polar surface area (TPSA) is 78.9 Å². The van der Waals surface area contributed by atoms with E-state index in [1.54, 1.807) is 0 Å². The number of allylic oxidation sites excluding steroid dienone is 2. The van der Waals surface area contributed by atoms with Crippen molar-refractivity contribution in [2.75, 3.05) is 13.2 Å². The van der Waals surface area contributed by atoms with Crippen LogP contribution in [-0.4, -0.2) is 37.2 Å². The van der Waals surface area contributed by atoms with Crippen molar-refractivity contribution >= 4 is 17.9 Å². The van der Waals surface area contributed by atoms with Crippen LogP contribution in [0.5, 0.6) is 0 Å². The predicted molar refractivity (Wildman–Crippen MR) is 307 cm³/mol. The summed E-state index contributed by atoms with van der Waals surface area (Å²) in [6.07, 6.45) is 71.0. The molecule has 0 fully saturated rings. The molecule has 1 atom stereocenters. The highest BCUT2D eigenvalue weighted by Gasteiger charge is 2.19. The number of ether oxygens (including phenoxy) is 3. The first kappa shape index (κ1) is 69.2. The molecule has 0 radical (unpaired) electrons. The van der Waals surface area contributed by atoms with Gasteiger partial charge in [-0.25, -0.2) is 0 Å². The van der Waals surface area contributed by atoms with Gasteiger partial charge in [0.05, 0.1) is 0 Å². The molecule has 0 aromatic carbocycles. The van der Waals surface area contributed by atoms with Crippen molar-refractivity contribution in [1.29, 1.82) is 0 Å². The van der Waals surface area contributed by atoms with Crippen molar-refractivity contribution < 1.29 is 28.6 Å². The summed E-state index contributed by atoms with van der Waals surface area (Å²) >= 11 is 0. The normalized spacial score (nSPS) is 12.0. The minimum absolute atomic E-state index is 0.0629. The maximum Gasteiger partial charge on any atom is 0.306 e. The Morgan fingerprint density at radius 2 is 0.465 bits per heavy atom. The van der Waals surface area contributed by atoms with Gasteiger partial charge in [-0.2, -0.15) is 0 Å². The van der Waals surface area contributed by atoms with Crippen molar-refractivity contribution in [1.82, 2.24) is 0 Å². The summed E-state index contributed by atoms with van der Waals surface area (Å²) in [5.74, 6) is -0.837. The second-order valence-electron chi connectivity index (χ2n) is 22.0. The maximum absolute atomic E-state index is 12.8. The number of unbranched alkanes of at least 4 members (excludes halogenated alkanes) is 47. The van der Waals surface area contributed by atoms with E-state index >= 15 is 0 Å². The molecule has 0 aliphatic heterocycles. The quantitative estimate of drug-likeness (QED) is 0.0261. The number of hydrogen-bond acceptors (Lipinski definition) is 6. The smallest absolute Gasteiger partial charge is 0.306 e. The van der Waals surface area contributed by atoms with E-state index in [4.69, 9.17) is 14.2 Å². The Hall–Kier alpha value is -1.85. The molecular formula is C65H124O6. The molecule has 0 saturated heterocycles. The number of rotatable bonds is 60. The van der Waals surface area contributed by atoms with Gasteiger partial charge in [0.2, 0.25) is 0 Å². The first-order valence-corrected chi connectivity index (χ1v) is 32.2. The van der Waals surface area contributed by atoms with Gasteiger partial charge < -0.3 is 14.2 Å². The Bertz CT molecular complexity index is 1100. The summed E-state index contributed by atoms with van der Waals surface area (Å²) in [7, 11) is 0. The second-order valence-corrected chi connectivity index (χ2v) is 22.0. The van der Waals surface area contributed by atoms with Crippen LogP contribution < -0.4 is 0 Å². The average molecular weight is 1000 g/mol. The summed E-state index contributed by atoms with van der Waals surface area (Å²) in [5.41, 5.74) is 0. The number of carbonyl (C=O) groups is 3. The molecule has 6 nitrogen and oxygen atoms in total. The molecule has 0 aromatic heterocycles. The highest BCUT2D eigenvalue weighted by atomic mass is 16.6. The van der Waals surface area contributed by atoms with E-state index in [2.05, 4.69) is 32.9 Å². The van der Waals surface area contributed by atoms with Crippen molar-refractivity contribution in [3.8, 4) is 0 Å². The van der Waals surface area contributed by atoms with E-state index < -0.39 is 6.10 Å². The number of hydrogen-bond donors (Lipinski definition) is 0. The van der Waals surface area contributed by atoms with E-state index in [1.165, 1.54) is 270 Å². The molecule has 0 aliphatic carbocycles. The Kier molecular flexibility index (Phi) is 59.1. The monoisotopic (exact) mass is 1000 g/mol. The minimum Gasteiger partial charge on any atom is -0.462 e. The highest BCUT2D eigenvalue weighted by Crippen LogP contribution is 2.18. The fourth-order valence-electron chi connectivity index (χ4n) is 9.91. The van der Waals surface area contributed by atoms with Gasteiger partial charge in [0.15, 0.2) is 6.10 Å². The molecule has 0 aliphatic rings. The zero-order valence-electron chi connectivity index (χ0n) is 48.3. The van der Waals surface area contributed by atoms with Crippen molar-refractivity contribution in [3.63, 3.8) is 0 Å². The summed E-state index contributed by atoms with van der Waals surface area (Å²) < 4.78 is 16.9. The first-order valence-electron chi connectivity index (χ1n) is 32.2. The molecule has 0 bridgehead atoms. The van der Waals surface area contributed by atoms with Crippen LogP contribution in [0, 0.1) is 0 Å². The molecule has 0 saturated carbocycles. The third kappa shape index (κ3) is 58.9. The zero-order chi connectivity index (χ0) is 51.4. The molecule has 0 spiro atoms. The lowest BCUT2D eigenvalue weighted by Crippen LogP contribution is -2.30. The minimum atomic E-state index is -0.763. The fraction of sp³-hybridized carbons (Fsp3) is 0.923. The van der Waals surface area contributed by atoms with Crippen LogP contribution >= 0.6 is 0 Å². The second kappa shape index (κ2) is 60.7. The molecule has 71 heavy (non-hydrogen) atoms. The van der Waals surface area contributed by atoms with Crippen LogP contribution in [0.1, 0.15) is 367 Å². The molecule has 0 heterocycles. The molecule has 0 aromatic rings. The third-order valence-electron chi connectivity index (χ3n) is 14.8. The van der Waals surface area contributed by atoms with Crippen LogP contribution in [0.4, 0.5) is 0 Å². The molecule has 1 unspecified atom stereocenters. The maximum atomic E-state index is 12.8.